The van der Waals surface area contributed by atoms with Gasteiger partial charge < -0.3 is 15.7 Å². The number of hydrogen-bond donors (Lipinski definition) is 2. The van der Waals surface area contributed by atoms with Crippen LogP contribution in [0, 0.1) is 12.3 Å². The van der Waals surface area contributed by atoms with E-state index in [4.69, 9.17) is 12.2 Å². The minimum absolute atomic E-state index is 0.170. The van der Waals surface area contributed by atoms with Crippen molar-refractivity contribution in [1.29, 1.82) is 0 Å². The Kier molecular flexibility index (Phi) is 4.06. The van der Waals surface area contributed by atoms with Crippen molar-refractivity contribution in [2.24, 2.45) is 5.73 Å². The molecule has 3 N–H and O–H groups in total. The molecule has 5 heteroatoms. The maximum absolute atomic E-state index is 12.3. The molecule has 104 valence electrons. The van der Waals surface area contributed by atoms with E-state index in [1.165, 1.54) is 0 Å². The van der Waals surface area contributed by atoms with Gasteiger partial charge in [0.25, 0.3) is 0 Å². The lowest BCUT2D eigenvalue weighted by Gasteiger charge is -2.31. The number of nitrogens with zero attached hydrogens (tertiary/aromatic N) is 1. The van der Waals surface area contributed by atoms with Gasteiger partial charge in [0.05, 0.1) is 11.6 Å². The molecule has 0 fully saturated rings. The molecule has 1 aliphatic heterocycles. The fourth-order valence-electron chi connectivity index (χ4n) is 2.47. The number of carboxylic acids is 1. The van der Waals surface area contributed by atoms with Gasteiger partial charge in [-0.15, -0.1) is 12.3 Å². The fourth-order valence-corrected chi connectivity index (χ4v) is 2.47. The zero-order valence-electron chi connectivity index (χ0n) is 11.0. The molecule has 1 unspecified atom stereocenters. The van der Waals surface area contributed by atoms with Crippen molar-refractivity contribution in [3.05, 3.63) is 29.3 Å². The van der Waals surface area contributed by atoms with Crippen LogP contribution >= 0.6 is 0 Å². The topological polar surface area (TPSA) is 83.6 Å². The monoisotopic (exact) mass is 272 g/mol. The van der Waals surface area contributed by atoms with Crippen LogP contribution in [0.3, 0.4) is 0 Å². The SMILES string of the molecule is C#CCC(N)C(=O)N1CCCc2c(C(=O)O)cccc21. The smallest absolute Gasteiger partial charge is 0.336 e. The van der Waals surface area contributed by atoms with Crippen molar-refractivity contribution in [3.8, 4) is 12.3 Å². The molecule has 1 aromatic rings. The van der Waals surface area contributed by atoms with Gasteiger partial charge in [-0.25, -0.2) is 4.79 Å². The number of terminal acetylenes is 1. The van der Waals surface area contributed by atoms with Crippen molar-refractivity contribution in [1.82, 2.24) is 0 Å². The van der Waals surface area contributed by atoms with E-state index in [9.17, 15) is 14.7 Å². The number of amides is 1. The lowest BCUT2D eigenvalue weighted by molar-refractivity contribution is -0.119. The van der Waals surface area contributed by atoms with E-state index in [0.717, 1.165) is 0 Å². The summed E-state index contributed by atoms with van der Waals surface area (Å²) in [4.78, 5) is 25.1. The number of hydrogen-bond acceptors (Lipinski definition) is 3. The van der Waals surface area contributed by atoms with Crippen LogP contribution in [0.2, 0.25) is 0 Å². The maximum atomic E-state index is 12.3. The second-order valence-corrected chi connectivity index (χ2v) is 4.72. The van der Waals surface area contributed by atoms with Gasteiger partial charge in [0.2, 0.25) is 5.91 Å². The summed E-state index contributed by atoms with van der Waals surface area (Å²) in [7, 11) is 0. The van der Waals surface area contributed by atoms with E-state index in [1.54, 1.807) is 23.1 Å². The van der Waals surface area contributed by atoms with Gasteiger partial charge in [-0.2, -0.15) is 0 Å². The molecule has 1 heterocycles. The number of anilines is 1. The largest absolute Gasteiger partial charge is 0.478 e. The molecule has 2 rings (SSSR count). The van der Waals surface area contributed by atoms with E-state index < -0.39 is 12.0 Å². The Morgan fingerprint density at radius 3 is 2.90 bits per heavy atom. The highest BCUT2D eigenvalue weighted by Crippen LogP contribution is 2.30. The summed E-state index contributed by atoms with van der Waals surface area (Å²) in [5, 5.41) is 9.20. The van der Waals surface area contributed by atoms with E-state index >= 15 is 0 Å². The summed E-state index contributed by atoms with van der Waals surface area (Å²) in [5.74, 6) is 1.13. The van der Waals surface area contributed by atoms with Crippen LogP contribution < -0.4 is 10.6 Å². The molecule has 5 nitrogen and oxygen atoms in total. The highest BCUT2D eigenvalue weighted by atomic mass is 16.4. The number of nitrogens with two attached hydrogens (primary N) is 1. The van der Waals surface area contributed by atoms with Crippen LogP contribution in [-0.2, 0) is 11.2 Å². The van der Waals surface area contributed by atoms with E-state index in [0.29, 0.717) is 30.6 Å². The molecule has 0 bridgehead atoms. The molecule has 0 saturated heterocycles. The van der Waals surface area contributed by atoms with Gasteiger partial charge in [-0.1, -0.05) is 6.07 Å². The first kappa shape index (κ1) is 14.1. The third-order valence-electron chi connectivity index (χ3n) is 3.40. The summed E-state index contributed by atoms with van der Waals surface area (Å²) in [5.41, 5.74) is 7.33. The number of fused-ring (bicyclic) bond motifs is 1. The van der Waals surface area contributed by atoms with Crippen LogP contribution in [0.25, 0.3) is 0 Å². The number of carbonyl (C=O) groups excluding carboxylic acids is 1. The predicted octanol–water partition coefficient (Wildman–Crippen LogP) is 1.01. The zero-order valence-corrected chi connectivity index (χ0v) is 11.0. The molecule has 0 aliphatic carbocycles. The highest BCUT2D eigenvalue weighted by molar-refractivity contribution is 6.00. The van der Waals surface area contributed by atoms with Crippen LogP contribution in [-0.4, -0.2) is 29.6 Å². The highest BCUT2D eigenvalue weighted by Gasteiger charge is 2.28. The molecule has 1 aliphatic rings. The molecule has 20 heavy (non-hydrogen) atoms. The average molecular weight is 272 g/mol. The van der Waals surface area contributed by atoms with E-state index in [1.807, 2.05) is 0 Å². The van der Waals surface area contributed by atoms with Crippen LogP contribution in [0.4, 0.5) is 5.69 Å². The number of aromatic carboxylic acids is 1. The lowest BCUT2D eigenvalue weighted by Crippen LogP contribution is -2.46. The predicted molar refractivity (Wildman–Crippen MR) is 75.5 cm³/mol. The van der Waals surface area contributed by atoms with Crippen molar-refractivity contribution in [2.75, 3.05) is 11.4 Å². The number of carboxylic acid groups (broad SMARTS) is 1. The second kappa shape index (κ2) is 5.76. The Morgan fingerprint density at radius 2 is 2.25 bits per heavy atom. The zero-order chi connectivity index (χ0) is 14.7. The standard InChI is InChI=1S/C15H16N2O3/c1-2-5-12(16)14(18)17-9-4-7-10-11(15(19)20)6-3-8-13(10)17/h1,3,6,8,12H,4-5,7,9,16H2,(H,19,20). The Labute approximate surface area is 117 Å². The minimum atomic E-state index is -0.982. The maximum Gasteiger partial charge on any atom is 0.336 e. The van der Waals surface area contributed by atoms with Gasteiger partial charge >= 0.3 is 5.97 Å². The van der Waals surface area contributed by atoms with Crippen molar-refractivity contribution >= 4 is 17.6 Å². The van der Waals surface area contributed by atoms with Crippen molar-refractivity contribution in [2.45, 2.75) is 25.3 Å². The molecule has 0 saturated carbocycles. The van der Waals surface area contributed by atoms with Crippen molar-refractivity contribution in [3.63, 3.8) is 0 Å². The van der Waals surface area contributed by atoms with Gasteiger partial charge in [0, 0.05) is 18.7 Å². The summed E-state index contributed by atoms with van der Waals surface area (Å²) < 4.78 is 0. The van der Waals surface area contributed by atoms with Gasteiger partial charge in [-0.05, 0) is 30.5 Å². The van der Waals surface area contributed by atoms with Crippen LogP contribution in [0.15, 0.2) is 18.2 Å². The third kappa shape index (κ3) is 2.51. The molecular weight excluding hydrogens is 256 g/mol. The molecule has 1 atom stereocenters. The summed E-state index contributed by atoms with van der Waals surface area (Å²) in [6, 6.07) is 4.19. The van der Waals surface area contributed by atoms with Gasteiger partial charge in [-0.3, -0.25) is 4.79 Å². The number of benzene rings is 1. The van der Waals surface area contributed by atoms with E-state index in [2.05, 4.69) is 5.92 Å². The van der Waals surface area contributed by atoms with Gasteiger partial charge in [0.1, 0.15) is 0 Å². The van der Waals surface area contributed by atoms with Gasteiger partial charge in [0.15, 0.2) is 0 Å². The lowest BCUT2D eigenvalue weighted by atomic mass is 9.95. The average Bonchev–Trinajstić information content (AvgIpc) is 2.45. The van der Waals surface area contributed by atoms with Crippen molar-refractivity contribution < 1.29 is 14.7 Å². The molecule has 0 aromatic heterocycles. The Hall–Kier alpha value is -2.32. The quantitative estimate of drug-likeness (QED) is 0.804. The molecular formula is C15H16N2O3. The molecule has 1 amide bonds. The minimum Gasteiger partial charge on any atom is -0.478 e. The summed E-state index contributed by atoms with van der Waals surface area (Å²) in [6.07, 6.45) is 6.71. The molecule has 0 radical (unpaired) electrons. The Balaban J connectivity index is 2.39. The first-order valence-corrected chi connectivity index (χ1v) is 6.42. The second-order valence-electron chi connectivity index (χ2n) is 4.72. The first-order valence-electron chi connectivity index (χ1n) is 6.42. The fraction of sp³-hybridized carbons (Fsp3) is 0.333. The Morgan fingerprint density at radius 1 is 1.50 bits per heavy atom. The Bertz CT molecular complexity index is 589. The van der Waals surface area contributed by atoms with Crippen LogP contribution in [0.1, 0.15) is 28.8 Å². The summed E-state index contributed by atoms with van der Waals surface area (Å²) in [6.45, 7) is 0.535. The summed E-state index contributed by atoms with van der Waals surface area (Å²) >= 11 is 0. The first-order chi connectivity index (χ1) is 9.56. The number of rotatable bonds is 3. The number of carbonyl (C=O) groups is 2. The normalized spacial score (nSPS) is 15.1. The van der Waals surface area contributed by atoms with Crippen LogP contribution in [0.5, 0.6) is 0 Å². The molecule has 0 spiro atoms. The van der Waals surface area contributed by atoms with E-state index in [-0.39, 0.29) is 17.9 Å². The molecule has 1 aromatic carbocycles. The third-order valence-corrected chi connectivity index (χ3v) is 3.40.